The molecule has 120 valence electrons. The number of carbonyl (C=O) groups is 1. The summed E-state index contributed by atoms with van der Waals surface area (Å²) in [6.07, 6.45) is 0. The Morgan fingerprint density at radius 1 is 1.43 bits per heavy atom. The molecule has 0 aliphatic rings. The number of aromatic nitrogens is 3. The second-order valence-electron chi connectivity index (χ2n) is 4.97. The lowest BCUT2D eigenvalue weighted by atomic mass is 10.2. The van der Waals surface area contributed by atoms with E-state index >= 15 is 0 Å². The summed E-state index contributed by atoms with van der Waals surface area (Å²) in [4.78, 5) is 12.4. The van der Waals surface area contributed by atoms with E-state index in [1.807, 2.05) is 0 Å². The number of fused-ring (bicyclic) bond motifs is 1. The Bertz CT molecular complexity index is 836. The fourth-order valence-corrected chi connectivity index (χ4v) is 2.31. The number of aryl methyl sites for hydroxylation is 2. The highest BCUT2D eigenvalue weighted by molar-refractivity contribution is 6.09. The summed E-state index contributed by atoms with van der Waals surface area (Å²) in [5.74, 6) is 0.941. The molecule has 0 saturated heterocycles. The van der Waals surface area contributed by atoms with Crippen LogP contribution in [0.15, 0.2) is 22.7 Å². The highest BCUT2D eigenvalue weighted by Gasteiger charge is 2.19. The van der Waals surface area contributed by atoms with E-state index in [9.17, 15) is 9.18 Å². The Balaban J connectivity index is 1.89. The van der Waals surface area contributed by atoms with Gasteiger partial charge in [0.1, 0.15) is 30.4 Å². The molecule has 8 heteroatoms. The van der Waals surface area contributed by atoms with Crippen LogP contribution < -0.4 is 10.1 Å². The Labute approximate surface area is 130 Å². The van der Waals surface area contributed by atoms with E-state index < -0.39 is 6.67 Å². The lowest BCUT2D eigenvalue weighted by molar-refractivity contribution is 0.102. The average molecular weight is 318 g/mol. The number of halogens is 1. The molecule has 7 nitrogen and oxygen atoms in total. The molecule has 3 rings (SSSR count). The van der Waals surface area contributed by atoms with Crippen molar-refractivity contribution in [3.8, 4) is 5.75 Å². The monoisotopic (exact) mass is 318 g/mol. The minimum atomic E-state index is -0.570. The van der Waals surface area contributed by atoms with Gasteiger partial charge in [-0.3, -0.25) is 9.89 Å². The molecule has 2 aromatic heterocycles. The molecule has 1 aromatic carbocycles. The number of rotatable bonds is 5. The van der Waals surface area contributed by atoms with Crippen molar-refractivity contribution in [3.05, 3.63) is 35.2 Å². The van der Waals surface area contributed by atoms with Crippen LogP contribution in [0.2, 0.25) is 0 Å². The Kier molecular flexibility index (Phi) is 3.96. The number of H-pyrrole nitrogens is 1. The van der Waals surface area contributed by atoms with Gasteiger partial charge in [-0.2, -0.15) is 5.10 Å². The summed E-state index contributed by atoms with van der Waals surface area (Å²) >= 11 is 0. The molecule has 23 heavy (non-hydrogen) atoms. The van der Waals surface area contributed by atoms with Gasteiger partial charge in [0, 0.05) is 5.39 Å². The fraction of sp³-hybridized carbons (Fsp3) is 0.267. The predicted molar refractivity (Wildman–Crippen MR) is 81.5 cm³/mol. The van der Waals surface area contributed by atoms with Gasteiger partial charge in [-0.05, 0) is 32.0 Å². The molecule has 0 aliphatic carbocycles. The summed E-state index contributed by atoms with van der Waals surface area (Å²) in [5, 5.41) is 14.1. The number of aromatic amines is 1. The smallest absolute Gasteiger partial charge is 0.262 e. The van der Waals surface area contributed by atoms with Crippen LogP contribution in [0, 0.1) is 13.8 Å². The lowest BCUT2D eigenvalue weighted by Gasteiger charge is -2.05. The first kappa shape index (κ1) is 15.0. The van der Waals surface area contributed by atoms with E-state index in [0.717, 1.165) is 5.52 Å². The molecule has 0 bridgehead atoms. The van der Waals surface area contributed by atoms with Gasteiger partial charge < -0.3 is 14.6 Å². The van der Waals surface area contributed by atoms with Crippen molar-refractivity contribution in [1.82, 2.24) is 15.4 Å². The third-order valence-corrected chi connectivity index (χ3v) is 3.37. The summed E-state index contributed by atoms with van der Waals surface area (Å²) in [7, 11) is 0. The van der Waals surface area contributed by atoms with Gasteiger partial charge in [-0.25, -0.2) is 4.39 Å². The molecule has 0 aliphatic heterocycles. The van der Waals surface area contributed by atoms with Gasteiger partial charge >= 0.3 is 0 Å². The topological polar surface area (TPSA) is 93.0 Å². The molecule has 0 unspecified atom stereocenters. The minimum Gasteiger partial charge on any atom is -0.491 e. The zero-order valence-electron chi connectivity index (χ0n) is 12.6. The van der Waals surface area contributed by atoms with E-state index in [1.54, 1.807) is 32.0 Å². The van der Waals surface area contributed by atoms with Crippen LogP contribution in [0.3, 0.4) is 0 Å². The average Bonchev–Trinajstić information content (AvgIpc) is 3.08. The van der Waals surface area contributed by atoms with Crippen molar-refractivity contribution in [1.29, 1.82) is 0 Å². The SMILES string of the molecule is Cc1noc(C)c1C(=O)Nc1n[nH]c2ccc(OCCF)cc12. The second-order valence-corrected chi connectivity index (χ2v) is 4.97. The minimum absolute atomic E-state index is 0.0237. The van der Waals surface area contributed by atoms with Crippen LogP contribution in [-0.2, 0) is 0 Å². The van der Waals surface area contributed by atoms with Gasteiger partial charge in [0.05, 0.1) is 11.2 Å². The highest BCUT2D eigenvalue weighted by Crippen LogP contribution is 2.26. The van der Waals surface area contributed by atoms with Gasteiger partial charge in [0.15, 0.2) is 5.82 Å². The third kappa shape index (κ3) is 2.87. The number of benzene rings is 1. The maximum absolute atomic E-state index is 12.4. The number of carbonyl (C=O) groups excluding carboxylic acids is 1. The second kappa shape index (κ2) is 6.07. The molecule has 0 saturated carbocycles. The van der Waals surface area contributed by atoms with E-state index in [1.165, 1.54) is 0 Å². The molecule has 2 heterocycles. The van der Waals surface area contributed by atoms with Gasteiger partial charge in [0.25, 0.3) is 5.91 Å². The molecule has 0 radical (unpaired) electrons. The predicted octanol–water partition coefficient (Wildman–Crippen LogP) is 2.77. The standard InChI is InChI=1S/C15H15FN4O3/c1-8-13(9(2)23-20-8)15(21)17-14-11-7-10(22-6-5-16)3-4-12(11)18-19-14/h3-4,7H,5-6H2,1-2H3,(H2,17,18,19,21). The summed E-state index contributed by atoms with van der Waals surface area (Å²) in [6.45, 7) is 2.76. The highest BCUT2D eigenvalue weighted by atomic mass is 19.1. The summed E-state index contributed by atoms with van der Waals surface area (Å²) in [6, 6.07) is 5.15. The number of hydrogen-bond acceptors (Lipinski definition) is 5. The first-order valence-electron chi connectivity index (χ1n) is 7.01. The van der Waals surface area contributed by atoms with Crippen LogP contribution in [0.4, 0.5) is 10.2 Å². The number of nitrogens with zero attached hydrogens (tertiary/aromatic N) is 2. The zero-order valence-corrected chi connectivity index (χ0v) is 12.6. The fourth-order valence-electron chi connectivity index (χ4n) is 2.31. The van der Waals surface area contributed by atoms with Crippen LogP contribution in [0.1, 0.15) is 21.8 Å². The Hall–Kier alpha value is -2.90. The van der Waals surface area contributed by atoms with Gasteiger partial charge in [-0.15, -0.1) is 0 Å². The molecule has 1 amide bonds. The number of anilines is 1. The molecule has 0 fully saturated rings. The third-order valence-electron chi connectivity index (χ3n) is 3.37. The van der Waals surface area contributed by atoms with Crippen LogP contribution in [0.25, 0.3) is 10.9 Å². The molecule has 0 atom stereocenters. The number of alkyl halides is 1. The first-order valence-corrected chi connectivity index (χ1v) is 7.01. The molecule has 0 spiro atoms. The van der Waals surface area contributed by atoms with Crippen LogP contribution in [0.5, 0.6) is 5.75 Å². The summed E-state index contributed by atoms with van der Waals surface area (Å²) in [5.41, 5.74) is 1.62. The normalized spacial score (nSPS) is 10.9. The molecule has 2 N–H and O–H groups in total. The van der Waals surface area contributed by atoms with Crippen molar-refractivity contribution >= 4 is 22.6 Å². The quantitative estimate of drug-likeness (QED) is 0.754. The van der Waals surface area contributed by atoms with Crippen molar-refractivity contribution < 1.29 is 18.4 Å². The maximum atomic E-state index is 12.4. The van der Waals surface area contributed by atoms with E-state index in [2.05, 4.69) is 20.7 Å². The van der Waals surface area contributed by atoms with E-state index in [0.29, 0.717) is 34.0 Å². The van der Waals surface area contributed by atoms with Crippen molar-refractivity contribution in [2.24, 2.45) is 0 Å². The van der Waals surface area contributed by atoms with E-state index in [-0.39, 0.29) is 12.5 Å². The van der Waals surface area contributed by atoms with E-state index in [4.69, 9.17) is 9.26 Å². The van der Waals surface area contributed by atoms with Crippen LogP contribution in [-0.4, -0.2) is 34.5 Å². The van der Waals surface area contributed by atoms with Gasteiger partial charge in [-0.1, -0.05) is 5.16 Å². The molecular weight excluding hydrogens is 303 g/mol. The molecule has 3 aromatic rings. The number of hydrogen-bond donors (Lipinski definition) is 2. The van der Waals surface area contributed by atoms with Gasteiger partial charge in [0.2, 0.25) is 0 Å². The Morgan fingerprint density at radius 2 is 2.26 bits per heavy atom. The number of amides is 1. The Morgan fingerprint density at radius 3 is 2.96 bits per heavy atom. The number of nitrogens with one attached hydrogen (secondary N) is 2. The van der Waals surface area contributed by atoms with Crippen molar-refractivity contribution in [2.45, 2.75) is 13.8 Å². The molecular formula is C15H15FN4O3. The number of ether oxygens (including phenoxy) is 1. The zero-order chi connectivity index (χ0) is 16.4. The lowest BCUT2D eigenvalue weighted by Crippen LogP contribution is -2.14. The maximum Gasteiger partial charge on any atom is 0.262 e. The van der Waals surface area contributed by atoms with Crippen molar-refractivity contribution in [3.63, 3.8) is 0 Å². The van der Waals surface area contributed by atoms with Crippen molar-refractivity contribution in [2.75, 3.05) is 18.6 Å². The van der Waals surface area contributed by atoms with Crippen LogP contribution >= 0.6 is 0 Å². The largest absolute Gasteiger partial charge is 0.491 e. The first-order chi connectivity index (χ1) is 11.1. The summed E-state index contributed by atoms with van der Waals surface area (Å²) < 4.78 is 22.4.